The third kappa shape index (κ3) is 5.85. The van der Waals surface area contributed by atoms with Crippen LogP contribution in [0.2, 0.25) is 0 Å². The molecule has 1 aromatic rings. The third-order valence-corrected chi connectivity index (χ3v) is 3.90. The molecular weight excluding hydrogens is 380 g/mol. The molecule has 0 amide bonds. The molecule has 0 aromatic carbocycles. The van der Waals surface area contributed by atoms with Crippen LogP contribution in [0.3, 0.4) is 0 Å². The predicted molar refractivity (Wildman–Crippen MR) is 83.8 cm³/mol. The number of hydrogen-bond donors (Lipinski definition) is 3. The van der Waals surface area contributed by atoms with E-state index >= 15 is 0 Å². The Morgan fingerprint density at radius 3 is 1.70 bits per heavy atom. The Bertz CT molecular complexity index is 695. The normalized spacial score (nSPS) is 18.6. The van der Waals surface area contributed by atoms with Crippen molar-refractivity contribution in [2.75, 3.05) is 10.6 Å². The molecule has 1 fully saturated rings. The molecule has 3 N–H and O–H groups in total. The number of nitrogens with one attached hydrogen (secondary N) is 2. The number of nitrogens with zero attached hydrogens (tertiary/aromatic N) is 3. The zero-order valence-corrected chi connectivity index (χ0v) is 14.3. The van der Waals surface area contributed by atoms with Gasteiger partial charge in [-0.2, -0.15) is 41.3 Å². The Balaban J connectivity index is 2.31. The minimum Gasteiger partial charge on any atom is -0.378 e. The highest BCUT2D eigenvalue weighted by Gasteiger charge is 2.38. The van der Waals surface area contributed by atoms with E-state index in [0.29, 0.717) is 12.8 Å². The fourth-order valence-electron chi connectivity index (χ4n) is 1.92. The molecule has 2 rings (SSSR count). The fourth-order valence-corrected chi connectivity index (χ4v) is 1.92. The van der Waals surface area contributed by atoms with Crippen molar-refractivity contribution in [2.24, 2.45) is 0 Å². The van der Waals surface area contributed by atoms with Gasteiger partial charge in [-0.15, -0.1) is 0 Å². The summed E-state index contributed by atoms with van der Waals surface area (Å²) in [7, 11) is 0. The van der Waals surface area contributed by atoms with Crippen molar-refractivity contribution in [3.05, 3.63) is 5.82 Å². The molecule has 6 nitrogen and oxygen atoms in total. The number of halogens is 6. The second kappa shape index (κ2) is 7.38. The van der Waals surface area contributed by atoms with Crippen LogP contribution < -0.4 is 10.6 Å². The first-order valence-electron chi connectivity index (χ1n) is 7.97. The van der Waals surface area contributed by atoms with Gasteiger partial charge >= 0.3 is 12.4 Å². The fraction of sp³-hybridized carbons (Fsp3) is 0.667. The zero-order valence-electron chi connectivity index (χ0n) is 14.3. The van der Waals surface area contributed by atoms with E-state index in [2.05, 4.69) is 26.8 Å². The van der Waals surface area contributed by atoms with E-state index in [-0.39, 0.29) is 5.82 Å². The maximum Gasteiger partial charge on any atom is 0.408 e. The molecule has 1 saturated carbocycles. The summed E-state index contributed by atoms with van der Waals surface area (Å²) in [6, 6.07) is -4.10. The first-order chi connectivity index (χ1) is 12.3. The molecule has 0 saturated heterocycles. The predicted octanol–water partition coefficient (Wildman–Crippen LogP) is 2.86. The van der Waals surface area contributed by atoms with Crippen LogP contribution in [-0.2, 0) is 0 Å². The summed E-state index contributed by atoms with van der Waals surface area (Å²) >= 11 is 0. The van der Waals surface area contributed by atoms with Gasteiger partial charge in [0.25, 0.3) is 0 Å². The van der Waals surface area contributed by atoms with Gasteiger partial charge in [-0.05, 0) is 39.0 Å². The maximum absolute atomic E-state index is 12.7. The molecule has 150 valence electrons. The maximum atomic E-state index is 12.7. The van der Waals surface area contributed by atoms with Gasteiger partial charge in [-0.25, -0.2) is 0 Å². The first-order valence-corrected chi connectivity index (χ1v) is 7.97. The highest BCUT2D eigenvalue weighted by atomic mass is 19.4. The van der Waals surface area contributed by atoms with E-state index in [1.54, 1.807) is 0 Å². The van der Waals surface area contributed by atoms with Crippen molar-refractivity contribution >= 4 is 11.9 Å². The molecule has 1 aliphatic carbocycles. The second-order valence-electron chi connectivity index (χ2n) is 6.26. The van der Waals surface area contributed by atoms with Gasteiger partial charge in [0.1, 0.15) is 17.7 Å². The lowest BCUT2D eigenvalue weighted by molar-refractivity contribution is -0.139. The summed E-state index contributed by atoms with van der Waals surface area (Å²) in [5.41, 5.74) is -1.24. The van der Waals surface area contributed by atoms with Gasteiger partial charge in [-0.3, -0.25) is 0 Å². The Hall–Kier alpha value is -2.29. The number of rotatable bonds is 4. The van der Waals surface area contributed by atoms with Gasteiger partial charge in [0, 0.05) is 0 Å². The molecule has 0 bridgehead atoms. The molecule has 0 aliphatic heterocycles. The minimum atomic E-state index is -4.62. The van der Waals surface area contributed by atoms with E-state index in [1.807, 2.05) is 10.6 Å². The molecule has 1 heterocycles. The van der Waals surface area contributed by atoms with Crippen LogP contribution in [0.4, 0.5) is 38.2 Å². The van der Waals surface area contributed by atoms with Gasteiger partial charge in [0.2, 0.25) is 17.7 Å². The molecule has 1 aliphatic rings. The van der Waals surface area contributed by atoms with Crippen molar-refractivity contribution in [3.63, 3.8) is 0 Å². The molecule has 27 heavy (non-hydrogen) atoms. The highest BCUT2D eigenvalue weighted by molar-refractivity contribution is 5.40. The van der Waals surface area contributed by atoms with Crippen LogP contribution in [0.5, 0.6) is 0 Å². The lowest BCUT2D eigenvalue weighted by Gasteiger charge is -2.30. The van der Waals surface area contributed by atoms with Crippen LogP contribution in [-0.4, -0.2) is 50.1 Å². The van der Waals surface area contributed by atoms with E-state index in [0.717, 1.165) is 20.3 Å². The first kappa shape index (κ1) is 21.0. The average molecular weight is 397 g/mol. The minimum absolute atomic E-state index is 0.362. The van der Waals surface area contributed by atoms with E-state index < -0.39 is 41.9 Å². The standard InChI is InChI=1S/C15H17F6N5O/c1-8(14(16,17)18)22-11-24-10(4-7-13(27)5-3-6-13)25-12(26-11)23-9(2)15(19,20)21/h8-9,27H,3,5-6H2,1-2H3,(H2,22,23,24,25,26)/t8-,9-/m1/s1. The average Bonchev–Trinajstić information content (AvgIpc) is 2.49. The smallest absolute Gasteiger partial charge is 0.378 e. The van der Waals surface area contributed by atoms with Gasteiger partial charge in [0.15, 0.2) is 0 Å². The van der Waals surface area contributed by atoms with Crippen molar-refractivity contribution < 1.29 is 31.4 Å². The van der Waals surface area contributed by atoms with Gasteiger partial charge in [-0.1, -0.05) is 5.92 Å². The van der Waals surface area contributed by atoms with Crippen LogP contribution in [0.15, 0.2) is 0 Å². The number of aromatic nitrogens is 3. The molecule has 12 heteroatoms. The molecule has 0 unspecified atom stereocenters. The van der Waals surface area contributed by atoms with E-state index in [4.69, 9.17) is 0 Å². The molecular formula is C15H17F6N5O. The lowest BCUT2D eigenvalue weighted by Crippen LogP contribution is -2.35. The molecule has 2 atom stereocenters. The second-order valence-corrected chi connectivity index (χ2v) is 6.26. The molecule has 1 aromatic heterocycles. The van der Waals surface area contributed by atoms with Crippen LogP contribution in [0, 0.1) is 11.8 Å². The van der Waals surface area contributed by atoms with Crippen LogP contribution >= 0.6 is 0 Å². The van der Waals surface area contributed by atoms with Crippen molar-refractivity contribution in [1.82, 2.24) is 15.0 Å². The van der Waals surface area contributed by atoms with E-state index in [1.165, 1.54) is 0 Å². The number of alkyl halides is 6. The Morgan fingerprint density at radius 1 is 0.926 bits per heavy atom. The topological polar surface area (TPSA) is 83.0 Å². The number of hydrogen-bond acceptors (Lipinski definition) is 6. The summed E-state index contributed by atoms with van der Waals surface area (Å²) in [5.74, 6) is 3.34. The monoisotopic (exact) mass is 397 g/mol. The van der Waals surface area contributed by atoms with Crippen LogP contribution in [0.25, 0.3) is 0 Å². The van der Waals surface area contributed by atoms with E-state index in [9.17, 15) is 31.4 Å². The summed E-state index contributed by atoms with van der Waals surface area (Å²) < 4.78 is 76.2. The Morgan fingerprint density at radius 2 is 1.37 bits per heavy atom. The number of aliphatic hydroxyl groups is 1. The highest BCUT2D eigenvalue weighted by Crippen LogP contribution is 2.30. The Labute approximate surface area is 150 Å². The van der Waals surface area contributed by atoms with Gasteiger partial charge in [0.05, 0.1) is 0 Å². The largest absolute Gasteiger partial charge is 0.408 e. The van der Waals surface area contributed by atoms with Crippen molar-refractivity contribution in [3.8, 4) is 11.8 Å². The lowest BCUT2D eigenvalue weighted by atomic mass is 9.81. The SMILES string of the molecule is C[C@@H](Nc1nc(C#CC2(O)CCC2)nc(N[C@H](C)C(F)(F)F)n1)C(F)(F)F. The summed E-state index contributed by atoms with van der Waals surface area (Å²) in [5, 5.41) is 13.9. The summed E-state index contributed by atoms with van der Waals surface area (Å²) in [4.78, 5) is 10.9. The van der Waals surface area contributed by atoms with Gasteiger partial charge < -0.3 is 15.7 Å². The van der Waals surface area contributed by atoms with Crippen LogP contribution in [0.1, 0.15) is 38.9 Å². The van der Waals surface area contributed by atoms with Crippen molar-refractivity contribution in [1.29, 1.82) is 0 Å². The summed E-state index contributed by atoms with van der Waals surface area (Å²) in [6.45, 7) is 1.61. The molecule has 0 spiro atoms. The quantitative estimate of drug-likeness (QED) is 0.536. The Kier molecular flexibility index (Phi) is 5.74. The molecule has 0 radical (unpaired) electrons. The zero-order chi connectivity index (χ0) is 20.5. The van der Waals surface area contributed by atoms with Crippen molar-refractivity contribution in [2.45, 2.75) is 63.1 Å². The number of anilines is 2. The summed E-state index contributed by atoms with van der Waals surface area (Å²) in [6.07, 6.45) is -7.65. The third-order valence-electron chi connectivity index (χ3n) is 3.90.